The molecule has 2 aromatic rings. The topological polar surface area (TPSA) is 23.8 Å². The van der Waals surface area contributed by atoms with Crippen LogP contribution in [-0.2, 0) is 12.8 Å². The van der Waals surface area contributed by atoms with Crippen LogP contribution in [0.2, 0.25) is 0 Å². The van der Waals surface area contributed by atoms with Crippen molar-refractivity contribution in [2.45, 2.75) is 32.6 Å². The fraction of sp³-hybridized carbons (Fsp3) is 0.250. The van der Waals surface area contributed by atoms with Crippen molar-refractivity contribution in [3.05, 3.63) is 75.9 Å². The fourth-order valence-electron chi connectivity index (χ4n) is 2.53. The number of nitriles is 1. The van der Waals surface area contributed by atoms with E-state index in [1.165, 1.54) is 12.1 Å². The molecule has 0 heterocycles. The summed E-state index contributed by atoms with van der Waals surface area (Å²) in [5, 5.41) is 8.68. The molecule has 0 fully saturated rings. The van der Waals surface area contributed by atoms with Crippen LogP contribution in [0.25, 0.3) is 5.83 Å². The molecule has 0 N–H and O–H groups in total. The lowest BCUT2D eigenvalue weighted by atomic mass is 10.0. The molecule has 0 saturated carbocycles. The molecule has 0 aliphatic rings. The summed E-state index contributed by atoms with van der Waals surface area (Å²) in [7, 11) is 0. The van der Waals surface area contributed by atoms with Gasteiger partial charge in [-0.3, -0.25) is 0 Å². The lowest BCUT2D eigenvalue weighted by Crippen LogP contribution is -2.01. The third kappa shape index (κ3) is 4.48. The number of benzene rings is 2. The van der Waals surface area contributed by atoms with Crippen LogP contribution in [-0.4, -0.2) is 0 Å². The monoisotopic (exact) mass is 365 g/mol. The molecule has 136 valence electrons. The van der Waals surface area contributed by atoms with E-state index in [0.717, 1.165) is 18.2 Å². The Balaban J connectivity index is 2.22. The molecule has 26 heavy (non-hydrogen) atoms. The van der Waals surface area contributed by atoms with Gasteiger partial charge in [0.05, 0.1) is 5.56 Å². The SMILES string of the molecule is CCC/C(F)=C(\F)c1cc(F)c(CCc2ccc(C#N)c(F)c2)c(F)c1. The molecule has 0 spiro atoms. The maximum Gasteiger partial charge on any atom is 0.161 e. The lowest BCUT2D eigenvalue weighted by molar-refractivity contribution is 0.545. The lowest BCUT2D eigenvalue weighted by Gasteiger charge is -2.09. The van der Waals surface area contributed by atoms with Crippen LogP contribution in [0.15, 0.2) is 36.2 Å². The van der Waals surface area contributed by atoms with Gasteiger partial charge in [-0.1, -0.05) is 13.0 Å². The van der Waals surface area contributed by atoms with E-state index in [4.69, 9.17) is 5.26 Å². The smallest absolute Gasteiger partial charge is 0.161 e. The van der Waals surface area contributed by atoms with Crippen molar-refractivity contribution in [2.24, 2.45) is 0 Å². The summed E-state index contributed by atoms with van der Waals surface area (Å²) in [6.45, 7) is 1.66. The highest BCUT2D eigenvalue weighted by Gasteiger charge is 2.16. The van der Waals surface area contributed by atoms with Crippen molar-refractivity contribution < 1.29 is 22.0 Å². The number of allylic oxidation sites excluding steroid dienone is 1. The Labute approximate surface area is 148 Å². The van der Waals surface area contributed by atoms with E-state index in [1.807, 2.05) is 0 Å². The van der Waals surface area contributed by atoms with Crippen LogP contribution in [0.1, 0.15) is 42.0 Å². The van der Waals surface area contributed by atoms with Gasteiger partial charge in [0, 0.05) is 17.5 Å². The molecular weight excluding hydrogens is 349 g/mol. The summed E-state index contributed by atoms with van der Waals surface area (Å²) >= 11 is 0. The molecule has 0 atom stereocenters. The van der Waals surface area contributed by atoms with Crippen LogP contribution >= 0.6 is 0 Å². The molecule has 2 aromatic carbocycles. The highest BCUT2D eigenvalue weighted by molar-refractivity contribution is 5.61. The summed E-state index contributed by atoms with van der Waals surface area (Å²) in [6.07, 6.45) is 0.245. The predicted molar refractivity (Wildman–Crippen MR) is 88.9 cm³/mol. The van der Waals surface area contributed by atoms with Crippen molar-refractivity contribution in [1.82, 2.24) is 0 Å². The van der Waals surface area contributed by atoms with E-state index >= 15 is 0 Å². The Morgan fingerprint density at radius 1 is 0.962 bits per heavy atom. The average Bonchev–Trinajstić information content (AvgIpc) is 2.60. The molecule has 0 unspecified atom stereocenters. The molecule has 6 heteroatoms. The molecule has 1 nitrogen and oxygen atoms in total. The van der Waals surface area contributed by atoms with Gasteiger partial charge in [0.15, 0.2) is 5.83 Å². The van der Waals surface area contributed by atoms with E-state index in [1.54, 1.807) is 13.0 Å². The number of aryl methyl sites for hydroxylation is 1. The van der Waals surface area contributed by atoms with Gasteiger partial charge in [-0.2, -0.15) is 5.26 Å². The number of halogens is 5. The third-order valence-corrected chi connectivity index (χ3v) is 3.92. The predicted octanol–water partition coefficient (Wildman–Crippen LogP) is 6.17. The van der Waals surface area contributed by atoms with Crippen molar-refractivity contribution in [2.75, 3.05) is 0 Å². The largest absolute Gasteiger partial charge is 0.209 e. The zero-order valence-electron chi connectivity index (χ0n) is 14.1. The quantitative estimate of drug-likeness (QED) is 0.562. The molecule has 0 aromatic heterocycles. The second-order valence-corrected chi connectivity index (χ2v) is 5.81. The summed E-state index contributed by atoms with van der Waals surface area (Å²) in [5.41, 5.74) is -0.433. The highest BCUT2D eigenvalue weighted by Crippen LogP contribution is 2.28. The maximum atomic E-state index is 14.2. The van der Waals surface area contributed by atoms with Crippen LogP contribution in [0.4, 0.5) is 22.0 Å². The number of hydrogen-bond acceptors (Lipinski definition) is 1. The second-order valence-electron chi connectivity index (χ2n) is 5.81. The molecule has 0 aliphatic carbocycles. The highest BCUT2D eigenvalue weighted by atomic mass is 19.2. The van der Waals surface area contributed by atoms with E-state index in [9.17, 15) is 22.0 Å². The minimum absolute atomic E-state index is 0.0912. The van der Waals surface area contributed by atoms with E-state index in [2.05, 4.69) is 0 Å². The molecule has 0 bridgehead atoms. The fourth-order valence-corrected chi connectivity index (χ4v) is 2.53. The minimum Gasteiger partial charge on any atom is -0.209 e. The van der Waals surface area contributed by atoms with Gasteiger partial charge in [-0.15, -0.1) is 0 Å². The van der Waals surface area contributed by atoms with Crippen LogP contribution in [0.5, 0.6) is 0 Å². The van der Waals surface area contributed by atoms with Gasteiger partial charge in [-0.05, 0) is 49.1 Å². The first kappa shape index (κ1) is 19.6. The zero-order chi connectivity index (χ0) is 19.3. The third-order valence-electron chi connectivity index (χ3n) is 3.92. The Kier molecular flexibility index (Phi) is 6.51. The van der Waals surface area contributed by atoms with Crippen molar-refractivity contribution in [1.29, 1.82) is 5.26 Å². The Bertz CT molecular complexity index is 857. The van der Waals surface area contributed by atoms with Crippen LogP contribution < -0.4 is 0 Å². The summed E-state index contributed by atoms with van der Waals surface area (Å²) < 4.78 is 69.3. The number of hydrogen-bond donors (Lipinski definition) is 0. The van der Waals surface area contributed by atoms with Crippen LogP contribution in [0, 0.1) is 28.8 Å². The van der Waals surface area contributed by atoms with Crippen molar-refractivity contribution in [3.63, 3.8) is 0 Å². The Hall–Kier alpha value is -2.68. The standard InChI is InChI=1S/C20H16F5N/c1-2-3-16(21)20(25)14-9-18(23)15(19(24)10-14)7-5-12-4-6-13(11-26)17(22)8-12/h4,6,8-10H,2-3,5,7H2,1H3/b20-16+. The van der Waals surface area contributed by atoms with Crippen LogP contribution in [0.3, 0.4) is 0 Å². The van der Waals surface area contributed by atoms with Gasteiger partial charge in [0.25, 0.3) is 0 Å². The van der Waals surface area contributed by atoms with Crippen molar-refractivity contribution >= 4 is 5.83 Å². The molecule has 0 radical (unpaired) electrons. The summed E-state index contributed by atoms with van der Waals surface area (Å²) in [6, 6.07) is 7.10. The van der Waals surface area contributed by atoms with Gasteiger partial charge in [0.1, 0.15) is 29.3 Å². The summed E-state index contributed by atoms with van der Waals surface area (Å²) in [4.78, 5) is 0. The Morgan fingerprint density at radius 2 is 1.62 bits per heavy atom. The van der Waals surface area contributed by atoms with E-state index in [0.29, 0.717) is 12.0 Å². The Morgan fingerprint density at radius 3 is 2.15 bits per heavy atom. The normalized spacial score (nSPS) is 11.9. The average molecular weight is 365 g/mol. The van der Waals surface area contributed by atoms with Gasteiger partial charge < -0.3 is 0 Å². The summed E-state index contributed by atoms with van der Waals surface area (Å²) in [5.74, 6) is -5.01. The first-order valence-corrected chi connectivity index (χ1v) is 8.08. The number of rotatable bonds is 6. The molecule has 0 amide bonds. The second kappa shape index (κ2) is 8.61. The van der Waals surface area contributed by atoms with E-state index in [-0.39, 0.29) is 30.4 Å². The van der Waals surface area contributed by atoms with Gasteiger partial charge >= 0.3 is 0 Å². The molecular formula is C20H16F5N. The molecule has 0 saturated heterocycles. The zero-order valence-corrected chi connectivity index (χ0v) is 14.1. The van der Waals surface area contributed by atoms with E-state index < -0.39 is 34.7 Å². The van der Waals surface area contributed by atoms with Crippen molar-refractivity contribution in [3.8, 4) is 6.07 Å². The van der Waals surface area contributed by atoms with Gasteiger partial charge in [0.2, 0.25) is 0 Å². The maximum absolute atomic E-state index is 14.2. The first-order chi connectivity index (χ1) is 12.4. The minimum atomic E-state index is -1.27. The first-order valence-electron chi connectivity index (χ1n) is 8.08. The molecule has 2 rings (SSSR count). The van der Waals surface area contributed by atoms with Gasteiger partial charge in [-0.25, -0.2) is 22.0 Å². The molecule has 0 aliphatic heterocycles. The number of nitrogens with zero attached hydrogens (tertiary/aromatic N) is 1.